The van der Waals surface area contributed by atoms with Crippen LogP contribution in [-0.4, -0.2) is 46.6 Å². The molecule has 2 heterocycles. The Hall–Kier alpha value is -2.18. The van der Waals surface area contributed by atoms with E-state index < -0.39 is 0 Å². The molecule has 2 aromatic rings. The number of hydrogen-bond acceptors (Lipinski definition) is 5. The maximum Gasteiger partial charge on any atom is 0.274 e. The van der Waals surface area contributed by atoms with Gasteiger partial charge in [0.15, 0.2) is 5.69 Å². The van der Waals surface area contributed by atoms with Crippen LogP contribution in [0.2, 0.25) is 5.02 Å². The van der Waals surface area contributed by atoms with Crippen molar-refractivity contribution in [1.29, 1.82) is 0 Å². The van der Waals surface area contributed by atoms with Crippen LogP contribution in [-0.2, 0) is 11.3 Å². The third-order valence-electron chi connectivity index (χ3n) is 3.87. The molecule has 6 nitrogen and oxygen atoms in total. The van der Waals surface area contributed by atoms with Crippen molar-refractivity contribution in [1.82, 2.24) is 14.9 Å². The highest BCUT2D eigenvalue weighted by Crippen LogP contribution is 2.19. The first-order valence-electron chi connectivity index (χ1n) is 7.84. The Morgan fingerprint density at radius 1 is 1.42 bits per heavy atom. The summed E-state index contributed by atoms with van der Waals surface area (Å²) in [4.78, 5) is 22.9. The molecule has 1 amide bonds. The van der Waals surface area contributed by atoms with Gasteiger partial charge in [0.2, 0.25) is 5.95 Å². The predicted octanol–water partition coefficient (Wildman–Crippen LogP) is 2.60. The first-order valence-corrected chi connectivity index (χ1v) is 8.22. The minimum absolute atomic E-state index is 0.00184. The van der Waals surface area contributed by atoms with Crippen LogP contribution in [0, 0.1) is 0 Å². The molecule has 1 aliphatic heterocycles. The number of halogens is 1. The quantitative estimate of drug-likeness (QED) is 0.921. The fourth-order valence-electron chi connectivity index (χ4n) is 2.54. The van der Waals surface area contributed by atoms with Crippen molar-refractivity contribution in [3.8, 4) is 0 Å². The molecule has 1 N–H and O–H groups in total. The predicted molar refractivity (Wildman–Crippen MR) is 92.1 cm³/mol. The zero-order valence-electron chi connectivity index (χ0n) is 13.4. The average Bonchev–Trinajstić information content (AvgIpc) is 2.62. The first-order chi connectivity index (χ1) is 11.6. The average molecular weight is 347 g/mol. The number of morpholine rings is 1. The van der Waals surface area contributed by atoms with Gasteiger partial charge in [0.25, 0.3) is 5.91 Å². The number of amides is 1. The molecule has 0 unspecified atom stereocenters. The Morgan fingerprint density at radius 3 is 2.96 bits per heavy atom. The molecule has 0 radical (unpaired) electrons. The van der Waals surface area contributed by atoms with Gasteiger partial charge in [-0.15, -0.1) is 0 Å². The lowest BCUT2D eigenvalue weighted by atomic mass is 10.2. The van der Waals surface area contributed by atoms with Crippen molar-refractivity contribution >= 4 is 23.5 Å². The standard InChI is InChI=1S/C17H19ClN4O2/c1-12-11-24-8-7-22(12)16(23)15-14(18)10-20-17(21-15)19-9-13-5-3-2-4-6-13/h2-6,10,12H,7-9,11H2,1H3,(H,19,20,21)/t12-/m1/s1. The Labute approximate surface area is 145 Å². The summed E-state index contributed by atoms with van der Waals surface area (Å²) >= 11 is 6.14. The fraction of sp³-hybridized carbons (Fsp3) is 0.353. The van der Waals surface area contributed by atoms with E-state index in [0.29, 0.717) is 32.3 Å². The summed E-state index contributed by atoms with van der Waals surface area (Å²) in [6.45, 7) is 4.10. The lowest BCUT2D eigenvalue weighted by molar-refractivity contribution is 0.00328. The molecule has 0 spiro atoms. The second kappa shape index (κ2) is 7.59. The maximum atomic E-state index is 12.7. The molecule has 1 fully saturated rings. The molecule has 1 atom stereocenters. The van der Waals surface area contributed by atoms with Crippen molar-refractivity contribution in [2.24, 2.45) is 0 Å². The number of carbonyl (C=O) groups excluding carboxylic acids is 1. The molecule has 7 heteroatoms. The van der Waals surface area contributed by atoms with E-state index in [1.165, 1.54) is 6.20 Å². The van der Waals surface area contributed by atoms with Gasteiger partial charge in [0.1, 0.15) is 0 Å². The van der Waals surface area contributed by atoms with Crippen LogP contribution in [0.25, 0.3) is 0 Å². The zero-order valence-corrected chi connectivity index (χ0v) is 14.2. The van der Waals surface area contributed by atoms with Crippen molar-refractivity contribution in [3.63, 3.8) is 0 Å². The lowest BCUT2D eigenvalue weighted by Gasteiger charge is -2.33. The number of nitrogens with one attached hydrogen (secondary N) is 1. The fourth-order valence-corrected chi connectivity index (χ4v) is 2.72. The number of rotatable bonds is 4. The number of anilines is 1. The van der Waals surface area contributed by atoms with Gasteiger partial charge in [-0.25, -0.2) is 9.97 Å². The highest BCUT2D eigenvalue weighted by molar-refractivity contribution is 6.33. The van der Waals surface area contributed by atoms with Crippen molar-refractivity contribution in [3.05, 3.63) is 52.8 Å². The highest BCUT2D eigenvalue weighted by atomic mass is 35.5. The van der Waals surface area contributed by atoms with Gasteiger partial charge in [-0.3, -0.25) is 4.79 Å². The van der Waals surface area contributed by atoms with Gasteiger partial charge < -0.3 is 15.0 Å². The molecule has 0 saturated carbocycles. The van der Waals surface area contributed by atoms with Crippen LogP contribution in [0.3, 0.4) is 0 Å². The van der Waals surface area contributed by atoms with Crippen LogP contribution in [0.5, 0.6) is 0 Å². The normalized spacial score (nSPS) is 17.6. The number of nitrogens with zero attached hydrogens (tertiary/aromatic N) is 3. The minimum atomic E-state index is -0.194. The summed E-state index contributed by atoms with van der Waals surface area (Å²) in [5.74, 6) is 0.188. The van der Waals surface area contributed by atoms with Crippen LogP contribution >= 0.6 is 11.6 Å². The molecule has 1 aromatic carbocycles. The van der Waals surface area contributed by atoms with Gasteiger partial charge in [0.05, 0.1) is 30.5 Å². The monoisotopic (exact) mass is 346 g/mol. The Bertz CT molecular complexity index is 711. The number of ether oxygens (including phenoxy) is 1. The zero-order chi connectivity index (χ0) is 16.9. The number of carbonyl (C=O) groups is 1. The summed E-state index contributed by atoms with van der Waals surface area (Å²) < 4.78 is 5.37. The summed E-state index contributed by atoms with van der Waals surface area (Å²) in [6, 6.07) is 9.90. The van der Waals surface area contributed by atoms with E-state index in [4.69, 9.17) is 16.3 Å². The second-order valence-electron chi connectivity index (χ2n) is 5.65. The van der Waals surface area contributed by atoms with E-state index in [2.05, 4.69) is 15.3 Å². The number of hydrogen-bond donors (Lipinski definition) is 1. The Morgan fingerprint density at radius 2 is 2.21 bits per heavy atom. The largest absolute Gasteiger partial charge is 0.377 e. The number of benzene rings is 1. The van der Waals surface area contributed by atoms with Crippen LogP contribution < -0.4 is 5.32 Å². The maximum absolute atomic E-state index is 12.7. The molecule has 0 aliphatic carbocycles. The molecule has 126 valence electrons. The van der Waals surface area contributed by atoms with Crippen molar-refractivity contribution in [2.75, 3.05) is 25.1 Å². The smallest absolute Gasteiger partial charge is 0.274 e. The molecular formula is C17H19ClN4O2. The molecule has 3 rings (SSSR count). The SMILES string of the molecule is C[C@@H]1COCCN1C(=O)c1nc(NCc2ccccc2)ncc1Cl. The third-order valence-corrected chi connectivity index (χ3v) is 4.15. The summed E-state index contributed by atoms with van der Waals surface area (Å²) in [5, 5.41) is 3.37. The van der Waals surface area contributed by atoms with Crippen molar-refractivity contribution < 1.29 is 9.53 Å². The summed E-state index contributed by atoms with van der Waals surface area (Å²) in [5.41, 5.74) is 1.32. The van der Waals surface area contributed by atoms with E-state index in [1.807, 2.05) is 37.3 Å². The van der Waals surface area contributed by atoms with Crippen LogP contribution in [0.1, 0.15) is 23.0 Å². The van der Waals surface area contributed by atoms with E-state index in [9.17, 15) is 4.79 Å². The first kappa shape index (κ1) is 16.7. The molecule has 1 aliphatic rings. The minimum Gasteiger partial charge on any atom is -0.377 e. The van der Waals surface area contributed by atoms with E-state index in [0.717, 1.165) is 5.56 Å². The number of aromatic nitrogens is 2. The summed E-state index contributed by atoms with van der Waals surface area (Å²) in [6.07, 6.45) is 1.46. The van der Waals surface area contributed by atoms with Gasteiger partial charge in [-0.2, -0.15) is 0 Å². The van der Waals surface area contributed by atoms with E-state index in [1.54, 1.807) is 4.90 Å². The van der Waals surface area contributed by atoms with Crippen LogP contribution in [0.4, 0.5) is 5.95 Å². The molecule has 0 bridgehead atoms. The third kappa shape index (κ3) is 3.83. The van der Waals surface area contributed by atoms with Crippen LogP contribution in [0.15, 0.2) is 36.5 Å². The highest BCUT2D eigenvalue weighted by Gasteiger charge is 2.27. The van der Waals surface area contributed by atoms with E-state index in [-0.39, 0.29) is 22.7 Å². The molecule has 1 saturated heterocycles. The van der Waals surface area contributed by atoms with Crippen molar-refractivity contribution in [2.45, 2.75) is 19.5 Å². The van der Waals surface area contributed by atoms with Gasteiger partial charge >= 0.3 is 0 Å². The Balaban J connectivity index is 1.74. The second-order valence-corrected chi connectivity index (χ2v) is 6.06. The summed E-state index contributed by atoms with van der Waals surface area (Å²) in [7, 11) is 0. The lowest BCUT2D eigenvalue weighted by Crippen LogP contribution is -2.47. The van der Waals surface area contributed by atoms with Gasteiger partial charge in [-0.1, -0.05) is 41.9 Å². The van der Waals surface area contributed by atoms with Gasteiger partial charge in [-0.05, 0) is 12.5 Å². The molecule has 24 heavy (non-hydrogen) atoms. The van der Waals surface area contributed by atoms with E-state index >= 15 is 0 Å². The topological polar surface area (TPSA) is 67.3 Å². The molecular weight excluding hydrogens is 328 g/mol. The van der Waals surface area contributed by atoms with Gasteiger partial charge in [0, 0.05) is 13.1 Å². The molecule has 1 aromatic heterocycles. The Kier molecular flexibility index (Phi) is 5.27.